The van der Waals surface area contributed by atoms with Gasteiger partial charge in [-0.3, -0.25) is 9.20 Å². The molecule has 1 aliphatic rings. The summed E-state index contributed by atoms with van der Waals surface area (Å²) in [5.41, 5.74) is 7.62. The number of aromatic nitrogens is 3. The van der Waals surface area contributed by atoms with Gasteiger partial charge >= 0.3 is 0 Å². The lowest BCUT2D eigenvalue weighted by atomic mass is 9.86. The minimum absolute atomic E-state index is 0.167. The highest BCUT2D eigenvalue weighted by Gasteiger charge is 2.42. The molecule has 1 amide bonds. The Morgan fingerprint density at radius 2 is 1.94 bits per heavy atom. The summed E-state index contributed by atoms with van der Waals surface area (Å²) in [5, 5.41) is 0. The molecule has 11 heteroatoms. The van der Waals surface area contributed by atoms with E-state index < -0.39 is 39.3 Å². The summed E-state index contributed by atoms with van der Waals surface area (Å²) in [6.45, 7) is 3.70. The summed E-state index contributed by atoms with van der Waals surface area (Å²) in [6.07, 6.45) is 3.44. The van der Waals surface area contributed by atoms with E-state index in [0.29, 0.717) is 28.6 Å². The molecule has 2 aromatic carbocycles. The van der Waals surface area contributed by atoms with Gasteiger partial charge in [0.15, 0.2) is 0 Å². The molecule has 2 heterocycles. The molecule has 5 rings (SSSR count). The first-order valence-electron chi connectivity index (χ1n) is 10.4. The average Bonchev–Trinajstić information content (AvgIpc) is 3.35. The number of hydrogen-bond donors (Lipinski definition) is 1. The maximum atomic E-state index is 15.0. The summed E-state index contributed by atoms with van der Waals surface area (Å²) in [5.74, 6) is -1.15. The summed E-state index contributed by atoms with van der Waals surface area (Å²) >= 11 is -5.37. The molecule has 2 N–H and O–H groups in total. The van der Waals surface area contributed by atoms with E-state index >= 15 is 4.39 Å². The smallest absolute Gasteiger partial charge is 0.257 e. The fraction of sp³-hybridized carbons (Fsp3) is 0.261. The molecule has 2 aromatic heterocycles. The van der Waals surface area contributed by atoms with Crippen molar-refractivity contribution >= 4 is 39.5 Å². The molecule has 0 unspecified atom stereocenters. The van der Waals surface area contributed by atoms with Crippen LogP contribution in [-0.2, 0) is 5.41 Å². The number of benzene rings is 2. The molecular formula is C23H21F4N5OS. The number of carbonyl (C=O) groups excluding carboxylic acids is 1. The van der Waals surface area contributed by atoms with Crippen LogP contribution in [0.5, 0.6) is 0 Å². The average molecular weight is 492 g/mol. The van der Waals surface area contributed by atoms with Gasteiger partial charge in [-0.1, -0.05) is 19.9 Å². The standard InChI is InChI=1S/C23H21F4N5OS/c1-23(2)9-19(13-5-4-12(6-15(13)23)34(25,26)27)31(3)22(33)14-7-18-17(8-16(14)24)30-21(28)20-10-29-11-32(18)20/h4-8,10-11,19H,9H2,1-3H3,(H2,28,30)/t19-/m1/s1. The van der Waals surface area contributed by atoms with Gasteiger partial charge in [0.25, 0.3) is 5.91 Å². The molecule has 0 spiro atoms. The maximum Gasteiger partial charge on any atom is 0.257 e. The van der Waals surface area contributed by atoms with Crippen LogP contribution in [0, 0.1) is 5.82 Å². The van der Waals surface area contributed by atoms with Crippen LogP contribution in [0.4, 0.5) is 21.9 Å². The molecule has 178 valence electrons. The number of hydrogen-bond acceptors (Lipinski definition) is 4. The zero-order valence-electron chi connectivity index (χ0n) is 18.5. The van der Waals surface area contributed by atoms with Crippen LogP contribution in [0.1, 0.15) is 47.8 Å². The largest absolute Gasteiger partial charge is 0.382 e. The third-order valence-corrected chi connectivity index (χ3v) is 7.36. The Balaban J connectivity index is 1.57. The van der Waals surface area contributed by atoms with E-state index in [1.54, 1.807) is 11.4 Å². The number of halogens is 4. The first-order valence-corrected chi connectivity index (χ1v) is 11.8. The molecule has 0 saturated heterocycles. The lowest BCUT2D eigenvalue weighted by Gasteiger charge is -2.27. The Kier molecular flexibility index (Phi) is 4.84. The lowest BCUT2D eigenvalue weighted by Crippen LogP contribution is -2.31. The van der Waals surface area contributed by atoms with E-state index in [4.69, 9.17) is 5.73 Å². The zero-order valence-corrected chi connectivity index (χ0v) is 19.3. The lowest BCUT2D eigenvalue weighted by molar-refractivity contribution is 0.0716. The van der Waals surface area contributed by atoms with E-state index in [0.717, 1.165) is 12.1 Å². The highest BCUT2D eigenvalue weighted by Crippen LogP contribution is 2.62. The van der Waals surface area contributed by atoms with Crippen LogP contribution in [0.2, 0.25) is 0 Å². The number of nitrogens with zero attached hydrogens (tertiary/aromatic N) is 4. The molecule has 0 fully saturated rings. The van der Waals surface area contributed by atoms with Crippen molar-refractivity contribution < 1.29 is 20.8 Å². The number of amides is 1. The number of nitrogen functional groups attached to an aromatic ring is 1. The molecule has 0 radical (unpaired) electrons. The van der Waals surface area contributed by atoms with Crippen LogP contribution in [-0.4, -0.2) is 32.2 Å². The highest BCUT2D eigenvalue weighted by atomic mass is 32.3. The van der Waals surface area contributed by atoms with Crippen LogP contribution in [0.3, 0.4) is 0 Å². The maximum absolute atomic E-state index is 15.0. The zero-order chi connectivity index (χ0) is 24.6. The number of rotatable bonds is 3. The van der Waals surface area contributed by atoms with E-state index in [9.17, 15) is 16.5 Å². The fourth-order valence-corrected chi connectivity index (χ4v) is 5.27. The number of carbonyl (C=O) groups is 1. The Labute approximate surface area is 194 Å². The van der Waals surface area contributed by atoms with Crippen molar-refractivity contribution in [3.8, 4) is 0 Å². The second kappa shape index (κ2) is 7.33. The summed E-state index contributed by atoms with van der Waals surface area (Å²) in [4.78, 5) is 22.4. The second-order valence-electron chi connectivity index (χ2n) is 9.14. The van der Waals surface area contributed by atoms with E-state index in [1.165, 1.54) is 35.6 Å². The molecule has 1 atom stereocenters. The van der Waals surface area contributed by atoms with E-state index in [-0.39, 0.29) is 16.9 Å². The minimum Gasteiger partial charge on any atom is -0.382 e. The third-order valence-electron chi connectivity index (χ3n) is 6.57. The van der Waals surface area contributed by atoms with Crippen molar-refractivity contribution in [2.75, 3.05) is 12.8 Å². The van der Waals surface area contributed by atoms with Gasteiger partial charge < -0.3 is 10.6 Å². The van der Waals surface area contributed by atoms with E-state index in [2.05, 4.69) is 9.97 Å². The van der Waals surface area contributed by atoms with Crippen LogP contribution in [0.15, 0.2) is 47.8 Å². The molecule has 6 nitrogen and oxygen atoms in total. The first kappa shape index (κ1) is 22.5. The fourth-order valence-electron chi connectivity index (χ4n) is 4.80. The normalized spacial score (nSPS) is 17.8. The molecule has 4 aromatic rings. The van der Waals surface area contributed by atoms with Gasteiger partial charge in [-0.25, -0.2) is 14.4 Å². The van der Waals surface area contributed by atoms with E-state index in [1.807, 2.05) is 13.8 Å². The van der Waals surface area contributed by atoms with Crippen molar-refractivity contribution in [3.63, 3.8) is 0 Å². The molecule has 1 aliphatic carbocycles. The highest BCUT2D eigenvalue weighted by molar-refractivity contribution is 8.20. The molecule has 0 saturated carbocycles. The summed E-state index contributed by atoms with van der Waals surface area (Å²) < 4.78 is 56.7. The molecule has 34 heavy (non-hydrogen) atoms. The Morgan fingerprint density at radius 1 is 1.21 bits per heavy atom. The van der Waals surface area contributed by atoms with Crippen LogP contribution < -0.4 is 5.73 Å². The first-order chi connectivity index (χ1) is 15.9. The predicted molar refractivity (Wildman–Crippen MR) is 123 cm³/mol. The Morgan fingerprint density at radius 3 is 2.65 bits per heavy atom. The number of nitrogens with two attached hydrogens (primary N) is 1. The summed E-state index contributed by atoms with van der Waals surface area (Å²) in [6, 6.07) is 5.74. The number of imidazole rings is 1. The number of fused-ring (bicyclic) bond motifs is 4. The SMILES string of the molecule is CN(C(=O)c1cc2c(cc1F)nc(N)c1cncn12)[C@@H]1CC(C)(C)c2cc(S(F)(F)F)ccc21. The predicted octanol–water partition coefficient (Wildman–Crippen LogP) is 5.92. The second-order valence-corrected chi connectivity index (χ2v) is 10.4. The van der Waals surface area contributed by atoms with Gasteiger partial charge in [0.1, 0.15) is 17.2 Å². The summed E-state index contributed by atoms with van der Waals surface area (Å²) in [7, 11) is 1.54. The van der Waals surface area contributed by atoms with Gasteiger partial charge in [0.2, 0.25) is 11.2 Å². The van der Waals surface area contributed by atoms with Crippen molar-refractivity contribution in [2.24, 2.45) is 0 Å². The monoisotopic (exact) mass is 491 g/mol. The minimum atomic E-state index is -5.37. The van der Waals surface area contributed by atoms with Gasteiger partial charge in [-0.05, 0) is 41.2 Å². The van der Waals surface area contributed by atoms with Crippen LogP contribution in [0.25, 0.3) is 16.6 Å². The topological polar surface area (TPSA) is 76.5 Å². The van der Waals surface area contributed by atoms with Crippen LogP contribution >= 0.6 is 11.2 Å². The van der Waals surface area contributed by atoms with Crippen molar-refractivity contribution in [3.05, 3.63) is 65.4 Å². The van der Waals surface area contributed by atoms with Gasteiger partial charge in [0, 0.05) is 13.1 Å². The molecule has 0 bridgehead atoms. The Bertz CT molecular complexity index is 1480. The Hall–Kier alpha value is -3.34. The number of anilines is 1. The van der Waals surface area contributed by atoms with Crippen molar-refractivity contribution in [1.29, 1.82) is 0 Å². The van der Waals surface area contributed by atoms with Crippen molar-refractivity contribution in [2.45, 2.75) is 36.6 Å². The van der Waals surface area contributed by atoms with Gasteiger partial charge in [-0.2, -0.15) is 0 Å². The molecular weight excluding hydrogens is 470 g/mol. The quantitative estimate of drug-likeness (QED) is 0.361. The van der Waals surface area contributed by atoms with Crippen molar-refractivity contribution in [1.82, 2.24) is 19.3 Å². The third kappa shape index (κ3) is 3.37. The van der Waals surface area contributed by atoms with Gasteiger partial charge in [0.05, 0.1) is 40.1 Å². The molecule has 0 aliphatic heterocycles. The van der Waals surface area contributed by atoms with Gasteiger partial charge in [-0.15, -0.1) is 11.7 Å².